The van der Waals surface area contributed by atoms with Gasteiger partial charge in [-0.15, -0.1) is 0 Å². The number of halogens is 1. The van der Waals surface area contributed by atoms with Crippen LogP contribution in [-0.4, -0.2) is 19.2 Å². The van der Waals surface area contributed by atoms with Gasteiger partial charge in [-0.3, -0.25) is 0 Å². The van der Waals surface area contributed by atoms with Gasteiger partial charge in [-0.05, 0) is 30.7 Å². The molecule has 1 aromatic carbocycles. The predicted octanol–water partition coefficient (Wildman–Crippen LogP) is 3.41. The molecule has 0 amide bonds. The highest BCUT2D eigenvalue weighted by Crippen LogP contribution is 2.25. The molecule has 0 bridgehead atoms. The third kappa shape index (κ3) is 3.17. The molecule has 2 rings (SSSR count). The minimum Gasteiger partial charge on any atom is -0.494 e. The highest BCUT2D eigenvalue weighted by atomic mass is 19.1. The Bertz CT molecular complexity index is 573. The van der Waals surface area contributed by atoms with Crippen molar-refractivity contribution in [2.24, 2.45) is 0 Å². The summed E-state index contributed by atoms with van der Waals surface area (Å²) >= 11 is 0. The third-order valence-electron chi connectivity index (χ3n) is 3.00. The first kappa shape index (κ1) is 14.1. The third-order valence-corrected chi connectivity index (χ3v) is 3.00. The number of anilines is 1. The first-order chi connectivity index (χ1) is 9.63. The summed E-state index contributed by atoms with van der Waals surface area (Å²) in [5.41, 5.74) is 1.79. The molecule has 1 aromatic heterocycles. The summed E-state index contributed by atoms with van der Waals surface area (Å²) in [4.78, 5) is 4.12. The minimum atomic E-state index is -0.366. The Kier molecular flexibility index (Phi) is 4.40. The van der Waals surface area contributed by atoms with Gasteiger partial charge < -0.3 is 14.8 Å². The van der Waals surface area contributed by atoms with Crippen molar-refractivity contribution in [3.8, 4) is 11.6 Å². The standard InChI is InChI=1S/C15H17FN2O2/c1-10(11-4-6-13(16)14(8-11)19-2)18-12-5-7-15(20-3)17-9-12/h4-10,18H,1-3H3. The van der Waals surface area contributed by atoms with E-state index >= 15 is 0 Å². The Morgan fingerprint density at radius 1 is 1.15 bits per heavy atom. The van der Waals surface area contributed by atoms with E-state index in [-0.39, 0.29) is 17.6 Å². The molecule has 20 heavy (non-hydrogen) atoms. The zero-order chi connectivity index (χ0) is 14.5. The van der Waals surface area contributed by atoms with Crippen LogP contribution in [0.5, 0.6) is 11.6 Å². The van der Waals surface area contributed by atoms with E-state index in [9.17, 15) is 4.39 Å². The summed E-state index contributed by atoms with van der Waals surface area (Å²) in [6, 6.07) is 8.47. The van der Waals surface area contributed by atoms with Gasteiger partial charge in [-0.2, -0.15) is 0 Å². The number of nitrogens with zero attached hydrogens (tertiary/aromatic N) is 1. The maximum Gasteiger partial charge on any atom is 0.213 e. The van der Waals surface area contributed by atoms with Crippen molar-refractivity contribution in [1.29, 1.82) is 0 Å². The van der Waals surface area contributed by atoms with Gasteiger partial charge in [-0.25, -0.2) is 9.37 Å². The smallest absolute Gasteiger partial charge is 0.213 e. The van der Waals surface area contributed by atoms with E-state index in [0.717, 1.165) is 11.3 Å². The Labute approximate surface area is 117 Å². The monoisotopic (exact) mass is 276 g/mol. The van der Waals surface area contributed by atoms with Gasteiger partial charge >= 0.3 is 0 Å². The predicted molar refractivity (Wildman–Crippen MR) is 75.8 cm³/mol. The van der Waals surface area contributed by atoms with E-state index in [2.05, 4.69) is 10.3 Å². The summed E-state index contributed by atoms with van der Waals surface area (Å²) in [6.07, 6.45) is 1.69. The number of ether oxygens (including phenoxy) is 2. The topological polar surface area (TPSA) is 43.4 Å². The molecule has 4 nitrogen and oxygen atoms in total. The summed E-state index contributed by atoms with van der Waals surface area (Å²) < 4.78 is 23.4. The molecular formula is C15H17FN2O2. The van der Waals surface area contributed by atoms with Gasteiger partial charge in [0.2, 0.25) is 5.88 Å². The molecule has 0 fully saturated rings. The number of benzene rings is 1. The quantitative estimate of drug-likeness (QED) is 0.908. The van der Waals surface area contributed by atoms with Crippen LogP contribution in [0.1, 0.15) is 18.5 Å². The second-order valence-corrected chi connectivity index (χ2v) is 4.35. The van der Waals surface area contributed by atoms with Crippen LogP contribution in [0, 0.1) is 5.82 Å². The average Bonchev–Trinajstić information content (AvgIpc) is 2.48. The maximum atomic E-state index is 13.4. The van der Waals surface area contributed by atoms with Crippen molar-refractivity contribution in [3.63, 3.8) is 0 Å². The first-order valence-corrected chi connectivity index (χ1v) is 6.24. The van der Waals surface area contributed by atoms with Gasteiger partial charge in [-0.1, -0.05) is 6.07 Å². The van der Waals surface area contributed by atoms with Gasteiger partial charge in [0.25, 0.3) is 0 Å². The normalized spacial score (nSPS) is 11.8. The number of methoxy groups -OCH3 is 2. The van der Waals surface area contributed by atoms with E-state index in [1.807, 2.05) is 13.0 Å². The number of hydrogen-bond acceptors (Lipinski definition) is 4. The maximum absolute atomic E-state index is 13.4. The SMILES string of the molecule is COc1ccc(NC(C)c2ccc(F)c(OC)c2)cn1. The van der Waals surface area contributed by atoms with Crippen molar-refractivity contribution < 1.29 is 13.9 Å². The van der Waals surface area contributed by atoms with Crippen LogP contribution in [0.15, 0.2) is 36.5 Å². The van der Waals surface area contributed by atoms with Crippen molar-refractivity contribution in [1.82, 2.24) is 4.98 Å². The van der Waals surface area contributed by atoms with Crippen LogP contribution in [-0.2, 0) is 0 Å². The molecule has 1 N–H and O–H groups in total. The molecule has 1 heterocycles. The molecule has 0 aliphatic carbocycles. The first-order valence-electron chi connectivity index (χ1n) is 6.24. The molecule has 0 saturated carbocycles. The number of aromatic nitrogens is 1. The molecule has 2 aromatic rings. The molecule has 5 heteroatoms. The molecule has 0 aliphatic heterocycles. The van der Waals surface area contributed by atoms with Crippen LogP contribution < -0.4 is 14.8 Å². The number of rotatable bonds is 5. The number of nitrogens with one attached hydrogen (secondary N) is 1. The van der Waals surface area contributed by atoms with E-state index in [1.54, 1.807) is 31.5 Å². The average molecular weight is 276 g/mol. The van der Waals surface area contributed by atoms with Crippen molar-refractivity contribution >= 4 is 5.69 Å². The largest absolute Gasteiger partial charge is 0.494 e. The highest BCUT2D eigenvalue weighted by molar-refractivity contribution is 5.45. The van der Waals surface area contributed by atoms with Gasteiger partial charge in [0.1, 0.15) is 0 Å². The molecule has 0 spiro atoms. The summed E-state index contributed by atoms with van der Waals surface area (Å²) in [5.74, 6) is 0.435. The van der Waals surface area contributed by atoms with Gasteiger partial charge in [0.15, 0.2) is 11.6 Å². The van der Waals surface area contributed by atoms with Crippen LogP contribution in [0.3, 0.4) is 0 Å². The second kappa shape index (κ2) is 6.23. The van der Waals surface area contributed by atoms with E-state index in [1.165, 1.54) is 13.2 Å². The lowest BCUT2D eigenvalue weighted by atomic mass is 10.1. The van der Waals surface area contributed by atoms with Gasteiger partial charge in [0, 0.05) is 12.1 Å². The molecule has 1 unspecified atom stereocenters. The van der Waals surface area contributed by atoms with Crippen LogP contribution >= 0.6 is 0 Å². The molecule has 0 aliphatic rings. The molecule has 106 valence electrons. The van der Waals surface area contributed by atoms with E-state index in [4.69, 9.17) is 9.47 Å². The fraction of sp³-hybridized carbons (Fsp3) is 0.267. The molecule has 1 atom stereocenters. The second-order valence-electron chi connectivity index (χ2n) is 4.35. The summed E-state index contributed by atoms with van der Waals surface area (Å²) in [5, 5.41) is 3.28. The zero-order valence-electron chi connectivity index (χ0n) is 11.7. The summed E-state index contributed by atoms with van der Waals surface area (Å²) in [6.45, 7) is 1.98. The molecule has 0 saturated heterocycles. The van der Waals surface area contributed by atoms with Crippen molar-refractivity contribution in [3.05, 3.63) is 47.9 Å². The van der Waals surface area contributed by atoms with Crippen molar-refractivity contribution in [2.75, 3.05) is 19.5 Å². The molecule has 0 radical (unpaired) electrons. The Hall–Kier alpha value is -2.30. The number of hydrogen-bond donors (Lipinski definition) is 1. The highest BCUT2D eigenvalue weighted by Gasteiger charge is 2.10. The lowest BCUT2D eigenvalue weighted by Gasteiger charge is -2.16. The van der Waals surface area contributed by atoms with E-state index in [0.29, 0.717) is 5.88 Å². The minimum absolute atomic E-state index is 0.000283. The lowest BCUT2D eigenvalue weighted by Crippen LogP contribution is -2.07. The fourth-order valence-corrected chi connectivity index (χ4v) is 1.87. The Morgan fingerprint density at radius 3 is 2.55 bits per heavy atom. The van der Waals surface area contributed by atoms with Crippen LogP contribution in [0.4, 0.5) is 10.1 Å². The van der Waals surface area contributed by atoms with Gasteiger partial charge in [0.05, 0.1) is 26.1 Å². The summed E-state index contributed by atoms with van der Waals surface area (Å²) in [7, 11) is 3.02. The Balaban J connectivity index is 2.12. The zero-order valence-corrected chi connectivity index (χ0v) is 11.7. The molecular weight excluding hydrogens is 259 g/mol. The Morgan fingerprint density at radius 2 is 1.95 bits per heavy atom. The van der Waals surface area contributed by atoms with Crippen molar-refractivity contribution in [2.45, 2.75) is 13.0 Å². The van der Waals surface area contributed by atoms with Crippen LogP contribution in [0.25, 0.3) is 0 Å². The van der Waals surface area contributed by atoms with Crippen LogP contribution in [0.2, 0.25) is 0 Å². The lowest BCUT2D eigenvalue weighted by molar-refractivity contribution is 0.385. The number of pyridine rings is 1. The van der Waals surface area contributed by atoms with E-state index < -0.39 is 0 Å². The fourth-order valence-electron chi connectivity index (χ4n) is 1.87.